The monoisotopic (exact) mass is 288 g/mol. The van der Waals surface area contributed by atoms with Crippen molar-refractivity contribution in [3.05, 3.63) is 23.8 Å². The molecule has 3 aliphatic rings. The van der Waals surface area contributed by atoms with Gasteiger partial charge in [0.2, 0.25) is 6.79 Å². The van der Waals surface area contributed by atoms with E-state index in [0.717, 1.165) is 38.0 Å². The number of ether oxygens (including phenoxy) is 2. The second-order valence-electron chi connectivity index (χ2n) is 6.03. The quantitative estimate of drug-likeness (QED) is 0.783. The Labute approximate surface area is 124 Å². The molecule has 0 spiro atoms. The van der Waals surface area contributed by atoms with Gasteiger partial charge in [-0.2, -0.15) is 0 Å². The summed E-state index contributed by atoms with van der Waals surface area (Å²) < 4.78 is 10.6. The lowest BCUT2D eigenvalue weighted by molar-refractivity contribution is 0.0843. The lowest BCUT2D eigenvalue weighted by Gasteiger charge is -2.34. The van der Waals surface area contributed by atoms with Crippen LogP contribution in [0.2, 0.25) is 0 Å². The summed E-state index contributed by atoms with van der Waals surface area (Å²) in [6.45, 7) is 4.92. The molecule has 0 aromatic heterocycles. The molecule has 0 amide bonds. The van der Waals surface area contributed by atoms with Crippen LogP contribution in [0, 0.1) is 0 Å². The van der Waals surface area contributed by atoms with Crippen LogP contribution in [0.1, 0.15) is 23.2 Å². The molecule has 1 saturated carbocycles. The molecule has 2 aliphatic heterocycles. The number of hydrogen-bond acceptors (Lipinski definition) is 5. The van der Waals surface area contributed by atoms with E-state index >= 15 is 0 Å². The largest absolute Gasteiger partial charge is 0.454 e. The van der Waals surface area contributed by atoms with Gasteiger partial charge in [0.25, 0.3) is 0 Å². The van der Waals surface area contributed by atoms with Gasteiger partial charge < -0.3 is 9.47 Å². The van der Waals surface area contributed by atoms with E-state index in [2.05, 4.69) is 9.80 Å². The Bertz CT molecular complexity index is 548. The molecule has 2 fully saturated rings. The molecule has 0 atom stereocenters. The van der Waals surface area contributed by atoms with Crippen LogP contribution >= 0.6 is 0 Å². The van der Waals surface area contributed by atoms with Crippen LogP contribution in [0.4, 0.5) is 0 Å². The Morgan fingerprint density at radius 2 is 1.86 bits per heavy atom. The fourth-order valence-electron chi connectivity index (χ4n) is 3.09. The van der Waals surface area contributed by atoms with Gasteiger partial charge in [-0.25, -0.2) is 0 Å². The summed E-state index contributed by atoms with van der Waals surface area (Å²) in [6, 6.07) is 6.28. The highest BCUT2D eigenvalue weighted by Gasteiger charge is 2.31. The lowest BCUT2D eigenvalue weighted by Crippen LogP contribution is -2.48. The molecular weight excluding hydrogens is 268 g/mol. The molecule has 5 nitrogen and oxygen atoms in total. The number of carbonyl (C=O) groups excluding carboxylic acids is 1. The van der Waals surface area contributed by atoms with E-state index in [-0.39, 0.29) is 12.6 Å². The molecule has 1 aromatic rings. The van der Waals surface area contributed by atoms with Crippen molar-refractivity contribution in [2.45, 2.75) is 18.9 Å². The number of ketones is 1. The zero-order chi connectivity index (χ0) is 14.2. The predicted molar refractivity (Wildman–Crippen MR) is 77.9 cm³/mol. The fraction of sp³-hybridized carbons (Fsp3) is 0.562. The van der Waals surface area contributed by atoms with Gasteiger partial charge in [0, 0.05) is 37.8 Å². The topological polar surface area (TPSA) is 42.0 Å². The third kappa shape index (κ3) is 2.76. The predicted octanol–water partition coefficient (Wildman–Crippen LogP) is 1.38. The highest BCUT2D eigenvalue weighted by atomic mass is 16.7. The molecule has 0 unspecified atom stereocenters. The first-order valence-corrected chi connectivity index (χ1v) is 7.69. The maximum atomic E-state index is 12.4. The Balaban J connectivity index is 1.35. The fourth-order valence-corrected chi connectivity index (χ4v) is 3.09. The van der Waals surface area contributed by atoms with E-state index in [1.165, 1.54) is 12.8 Å². The highest BCUT2D eigenvalue weighted by molar-refractivity contribution is 5.98. The minimum atomic E-state index is 0.160. The van der Waals surface area contributed by atoms with Gasteiger partial charge in [-0.15, -0.1) is 0 Å². The van der Waals surface area contributed by atoms with Crippen molar-refractivity contribution >= 4 is 5.78 Å². The van der Waals surface area contributed by atoms with E-state index < -0.39 is 0 Å². The van der Waals surface area contributed by atoms with E-state index in [4.69, 9.17) is 9.47 Å². The number of piperazine rings is 1. The smallest absolute Gasteiger partial charge is 0.231 e. The first kappa shape index (κ1) is 13.1. The van der Waals surface area contributed by atoms with Gasteiger partial charge >= 0.3 is 0 Å². The van der Waals surface area contributed by atoms with Crippen molar-refractivity contribution in [3.8, 4) is 11.5 Å². The average molecular weight is 288 g/mol. The Morgan fingerprint density at radius 1 is 1.10 bits per heavy atom. The van der Waals surface area contributed by atoms with Crippen molar-refractivity contribution in [2.75, 3.05) is 39.5 Å². The van der Waals surface area contributed by atoms with Crippen molar-refractivity contribution in [1.29, 1.82) is 0 Å². The highest BCUT2D eigenvalue weighted by Crippen LogP contribution is 2.32. The third-order valence-electron chi connectivity index (χ3n) is 4.53. The SMILES string of the molecule is O=C(CN1CCN(C2CC2)CC1)c1ccc2c(c1)OCO2. The molecule has 0 N–H and O–H groups in total. The summed E-state index contributed by atoms with van der Waals surface area (Å²) in [7, 11) is 0. The maximum absolute atomic E-state index is 12.4. The molecule has 5 heteroatoms. The van der Waals surface area contributed by atoms with Crippen LogP contribution < -0.4 is 9.47 Å². The minimum absolute atomic E-state index is 0.160. The zero-order valence-corrected chi connectivity index (χ0v) is 12.1. The standard InChI is InChI=1S/C16H20N2O3/c19-14(12-1-4-15-16(9-12)21-11-20-15)10-17-5-7-18(8-6-17)13-2-3-13/h1,4,9,13H,2-3,5-8,10-11H2. The van der Waals surface area contributed by atoms with Crippen LogP contribution in [-0.2, 0) is 0 Å². The van der Waals surface area contributed by atoms with E-state index in [0.29, 0.717) is 17.9 Å². The first-order chi connectivity index (χ1) is 10.3. The molecule has 21 heavy (non-hydrogen) atoms. The summed E-state index contributed by atoms with van der Waals surface area (Å²) in [5.74, 6) is 1.57. The van der Waals surface area contributed by atoms with Gasteiger partial charge in [-0.1, -0.05) is 0 Å². The van der Waals surface area contributed by atoms with Crippen LogP contribution in [0.25, 0.3) is 0 Å². The van der Waals surface area contributed by atoms with Crippen molar-refractivity contribution in [1.82, 2.24) is 9.80 Å². The summed E-state index contributed by atoms with van der Waals surface area (Å²) in [4.78, 5) is 17.2. The van der Waals surface area contributed by atoms with Crippen LogP contribution in [0.5, 0.6) is 11.5 Å². The van der Waals surface area contributed by atoms with Crippen molar-refractivity contribution in [3.63, 3.8) is 0 Å². The van der Waals surface area contributed by atoms with E-state index in [9.17, 15) is 4.79 Å². The number of rotatable bonds is 4. The maximum Gasteiger partial charge on any atom is 0.231 e. The second kappa shape index (κ2) is 5.31. The zero-order valence-electron chi connectivity index (χ0n) is 12.1. The lowest BCUT2D eigenvalue weighted by atomic mass is 10.1. The third-order valence-corrected chi connectivity index (χ3v) is 4.53. The van der Waals surface area contributed by atoms with Crippen LogP contribution in [0.15, 0.2) is 18.2 Å². The van der Waals surface area contributed by atoms with Crippen molar-refractivity contribution < 1.29 is 14.3 Å². The summed E-state index contributed by atoms with van der Waals surface area (Å²) >= 11 is 0. The van der Waals surface area contributed by atoms with Gasteiger partial charge in [0.1, 0.15) is 0 Å². The molecule has 1 aliphatic carbocycles. The molecule has 1 saturated heterocycles. The number of carbonyl (C=O) groups is 1. The van der Waals surface area contributed by atoms with Gasteiger partial charge in [0.15, 0.2) is 17.3 Å². The Morgan fingerprint density at radius 3 is 2.62 bits per heavy atom. The number of benzene rings is 1. The van der Waals surface area contributed by atoms with E-state index in [1.54, 1.807) is 6.07 Å². The molecule has 2 heterocycles. The minimum Gasteiger partial charge on any atom is -0.454 e. The molecule has 0 radical (unpaired) electrons. The molecule has 4 rings (SSSR count). The number of hydrogen-bond donors (Lipinski definition) is 0. The van der Waals surface area contributed by atoms with Crippen LogP contribution in [-0.4, -0.2) is 61.1 Å². The molecule has 0 bridgehead atoms. The Hall–Kier alpha value is -1.59. The molecule has 1 aromatic carbocycles. The summed E-state index contributed by atoms with van der Waals surface area (Å²) in [5, 5.41) is 0. The average Bonchev–Trinajstić information content (AvgIpc) is 3.25. The molecule has 112 valence electrons. The van der Waals surface area contributed by atoms with Crippen LogP contribution in [0.3, 0.4) is 0 Å². The number of nitrogens with zero attached hydrogens (tertiary/aromatic N) is 2. The van der Waals surface area contributed by atoms with Gasteiger partial charge in [-0.3, -0.25) is 14.6 Å². The number of Topliss-reactive ketones (excluding diaryl/α,β-unsaturated/α-hetero) is 1. The second-order valence-corrected chi connectivity index (χ2v) is 6.03. The number of fused-ring (bicyclic) bond motifs is 1. The molecular formula is C16H20N2O3. The van der Waals surface area contributed by atoms with Gasteiger partial charge in [-0.05, 0) is 31.0 Å². The summed E-state index contributed by atoms with van der Waals surface area (Å²) in [6.07, 6.45) is 2.71. The Kier molecular flexibility index (Phi) is 3.31. The normalized spacial score (nSPS) is 22.5. The first-order valence-electron chi connectivity index (χ1n) is 7.69. The van der Waals surface area contributed by atoms with Crippen molar-refractivity contribution in [2.24, 2.45) is 0 Å². The van der Waals surface area contributed by atoms with E-state index in [1.807, 2.05) is 12.1 Å². The van der Waals surface area contributed by atoms with Gasteiger partial charge in [0.05, 0.1) is 6.54 Å². The summed E-state index contributed by atoms with van der Waals surface area (Å²) in [5.41, 5.74) is 0.712.